The molecule has 0 bridgehead atoms. The normalized spacial score (nSPS) is 6.62. The first kappa shape index (κ1) is 10.7. The first-order valence-corrected chi connectivity index (χ1v) is 1.89. The van der Waals surface area contributed by atoms with Gasteiger partial charge < -0.3 is 11.7 Å². The zero-order valence-corrected chi connectivity index (χ0v) is 5.26. The molecule has 0 aliphatic heterocycles. The zero-order chi connectivity index (χ0) is 5.70. The molecule has 0 saturated heterocycles. The third-order valence-electron chi connectivity index (χ3n) is 0.411. The Kier molecular flexibility index (Phi) is 8.97. The maximum atomic E-state index is 10.0. The average Bonchev–Trinajstić information content (AvgIpc) is 1.68. The van der Waals surface area contributed by atoms with E-state index in [0.29, 0.717) is 0 Å². The molecule has 0 spiro atoms. The molecule has 2 nitrogen and oxygen atoms in total. The van der Waals surface area contributed by atoms with E-state index in [1.165, 1.54) is 0 Å². The van der Waals surface area contributed by atoms with Crippen LogP contribution in [-0.2, 0) is 26.6 Å². The number of hydrogen-bond donors (Lipinski definition) is 0. The van der Waals surface area contributed by atoms with Crippen molar-refractivity contribution in [3.05, 3.63) is 19.6 Å². The molecule has 0 aliphatic carbocycles. The monoisotopic (exact) mass is 162 g/mol. The fourth-order valence-corrected chi connectivity index (χ4v) is 0.160. The predicted molar refractivity (Wildman–Crippen MR) is 26.5 cm³/mol. The molecule has 0 amide bonds. The van der Waals surface area contributed by atoms with Gasteiger partial charge in [0.1, 0.15) is 0 Å². The van der Waals surface area contributed by atoms with Gasteiger partial charge in [0.25, 0.3) is 0 Å². The van der Waals surface area contributed by atoms with E-state index in [0.717, 1.165) is 6.08 Å². The molecule has 0 unspecified atom stereocenters. The average molecular weight is 163 g/mol. The van der Waals surface area contributed by atoms with E-state index in [1.807, 2.05) is 0 Å². The van der Waals surface area contributed by atoms with Crippen LogP contribution in [0.4, 0.5) is 0 Å². The summed E-state index contributed by atoms with van der Waals surface area (Å²) in [4.78, 5) is 10.0. The minimum Gasteiger partial charge on any atom is -0.496 e. The van der Waals surface area contributed by atoms with E-state index in [4.69, 9.17) is 0 Å². The van der Waals surface area contributed by atoms with E-state index in [1.54, 1.807) is 0 Å². The molecular formula is C5H7CuO2. The van der Waals surface area contributed by atoms with Gasteiger partial charge in [-0.2, -0.15) is 0 Å². The number of hydrogen-bond acceptors (Lipinski definition) is 2. The van der Waals surface area contributed by atoms with E-state index in [9.17, 15) is 4.79 Å². The van der Waals surface area contributed by atoms with Crippen molar-refractivity contribution in [1.29, 1.82) is 0 Å². The molecule has 0 saturated carbocycles. The molecule has 0 aliphatic rings. The summed E-state index contributed by atoms with van der Waals surface area (Å²) in [6.07, 6.45) is 1.10. The van der Waals surface area contributed by atoms with E-state index >= 15 is 0 Å². The van der Waals surface area contributed by atoms with Crippen LogP contribution in [0.25, 0.3) is 0 Å². The van der Waals surface area contributed by atoms with Gasteiger partial charge in [-0.3, -0.25) is 0 Å². The van der Waals surface area contributed by atoms with Gasteiger partial charge in [0, 0.05) is 6.08 Å². The maximum Gasteiger partial charge on any atom is 1.00 e. The van der Waals surface area contributed by atoms with Gasteiger partial charge in [0.15, 0.2) is 0 Å². The molecule has 0 atom stereocenters. The van der Waals surface area contributed by atoms with Crippen molar-refractivity contribution < 1.29 is 26.6 Å². The minimum atomic E-state index is -0.421. The van der Waals surface area contributed by atoms with Crippen molar-refractivity contribution in [2.45, 2.75) is 0 Å². The summed E-state index contributed by atoms with van der Waals surface area (Å²) in [6, 6.07) is 0. The molecule has 8 heavy (non-hydrogen) atoms. The first-order chi connectivity index (χ1) is 3.31. The molecule has 3 heteroatoms. The van der Waals surface area contributed by atoms with Crippen LogP contribution in [-0.4, -0.2) is 12.6 Å². The molecule has 0 rings (SSSR count). The quantitative estimate of drug-likeness (QED) is 0.257. The van der Waals surface area contributed by atoms with E-state index in [-0.39, 0.29) is 23.7 Å². The smallest absolute Gasteiger partial charge is 0.496 e. The van der Waals surface area contributed by atoms with Crippen molar-refractivity contribution in [2.24, 2.45) is 0 Å². The second-order valence-corrected chi connectivity index (χ2v) is 0.872. The Labute approximate surface area is 59.4 Å². The third-order valence-corrected chi connectivity index (χ3v) is 0.411. The Morgan fingerprint density at radius 3 is 2.50 bits per heavy atom. The molecule has 0 N–H and O–H groups in total. The van der Waals surface area contributed by atoms with Crippen LogP contribution in [0.15, 0.2) is 12.7 Å². The second-order valence-electron chi connectivity index (χ2n) is 0.872. The van der Waals surface area contributed by atoms with Crippen molar-refractivity contribution in [2.75, 3.05) is 6.61 Å². The summed E-state index contributed by atoms with van der Waals surface area (Å²) in [5.74, 6) is -0.421. The Morgan fingerprint density at radius 2 is 2.38 bits per heavy atom. The van der Waals surface area contributed by atoms with Crippen molar-refractivity contribution >= 4 is 5.97 Å². The molecule has 0 aromatic carbocycles. The summed E-state index contributed by atoms with van der Waals surface area (Å²) in [7, 11) is 0. The summed E-state index contributed by atoms with van der Waals surface area (Å²) in [6.45, 7) is 6.63. The van der Waals surface area contributed by atoms with Crippen LogP contribution in [0.1, 0.15) is 0 Å². The SMILES string of the molecule is C=CC(=O)OC[CH2-].[Cu+]. The Morgan fingerprint density at radius 1 is 1.88 bits per heavy atom. The third kappa shape index (κ3) is 5.73. The number of esters is 1. The van der Waals surface area contributed by atoms with Crippen LogP contribution >= 0.6 is 0 Å². The van der Waals surface area contributed by atoms with Crippen molar-refractivity contribution in [3.8, 4) is 0 Å². The Hall–Kier alpha value is -0.271. The fraction of sp³-hybridized carbons (Fsp3) is 0.200. The first-order valence-electron chi connectivity index (χ1n) is 1.89. The predicted octanol–water partition coefficient (Wildman–Crippen LogP) is 0.547. The summed E-state index contributed by atoms with van der Waals surface area (Å²) in [5, 5.41) is 0. The van der Waals surface area contributed by atoms with Gasteiger partial charge in [-0.25, -0.2) is 4.79 Å². The van der Waals surface area contributed by atoms with Crippen molar-refractivity contribution in [3.63, 3.8) is 0 Å². The number of ether oxygens (including phenoxy) is 1. The molecule has 0 fully saturated rings. The number of carbonyl (C=O) groups is 1. The largest absolute Gasteiger partial charge is 1.00 e. The molecule has 0 aromatic heterocycles. The summed E-state index contributed by atoms with van der Waals surface area (Å²) in [5.41, 5.74) is 0. The minimum absolute atomic E-state index is 0. The topological polar surface area (TPSA) is 26.3 Å². The number of rotatable bonds is 2. The van der Waals surface area contributed by atoms with Crippen molar-refractivity contribution in [1.82, 2.24) is 0 Å². The Balaban J connectivity index is 0. The van der Waals surface area contributed by atoms with Gasteiger partial charge in [-0.05, 0) is 6.61 Å². The zero-order valence-electron chi connectivity index (χ0n) is 4.32. The maximum absolute atomic E-state index is 10.0. The van der Waals surface area contributed by atoms with E-state index < -0.39 is 5.97 Å². The molecule has 50 valence electrons. The van der Waals surface area contributed by atoms with Gasteiger partial charge in [-0.1, -0.05) is 6.58 Å². The molecule has 0 heterocycles. The van der Waals surface area contributed by atoms with Gasteiger partial charge in [-0.15, -0.1) is 0 Å². The van der Waals surface area contributed by atoms with Gasteiger partial charge in [0.2, 0.25) is 0 Å². The molecule has 0 radical (unpaired) electrons. The fourth-order valence-electron chi connectivity index (χ4n) is 0.160. The van der Waals surface area contributed by atoms with Crippen LogP contribution in [0, 0.1) is 6.92 Å². The van der Waals surface area contributed by atoms with Gasteiger partial charge >= 0.3 is 23.0 Å². The summed E-state index contributed by atoms with van der Waals surface area (Å²) < 4.78 is 4.32. The van der Waals surface area contributed by atoms with Crippen LogP contribution in [0.2, 0.25) is 0 Å². The van der Waals surface area contributed by atoms with Gasteiger partial charge in [0.05, 0.1) is 0 Å². The molecule has 0 aromatic rings. The van der Waals surface area contributed by atoms with E-state index in [2.05, 4.69) is 18.2 Å². The summed E-state index contributed by atoms with van der Waals surface area (Å²) >= 11 is 0. The Bertz CT molecular complexity index is 80.5. The molecular weight excluding hydrogens is 156 g/mol. The van der Waals surface area contributed by atoms with Crippen LogP contribution in [0.5, 0.6) is 0 Å². The van der Waals surface area contributed by atoms with Crippen LogP contribution in [0.3, 0.4) is 0 Å². The number of carbonyl (C=O) groups excluding carboxylic acids is 1. The standard InChI is InChI=1S/C5H7O2.Cu/c1-3-5(6)7-4-2;/h3H,1-2,4H2;/q-1;+1. The second kappa shape index (κ2) is 6.73. The van der Waals surface area contributed by atoms with Crippen LogP contribution < -0.4 is 0 Å².